The highest BCUT2D eigenvalue weighted by Crippen LogP contribution is 2.39. The number of carbonyl (C=O) groups is 1. The SMILES string of the molecule is COc1ccc(C(=O)OC[C@@H]2[C@@H](O)CO[C@H]2c2ccc(OC)c(OC)c2)cc1OC. The van der Waals surface area contributed by atoms with E-state index in [0.29, 0.717) is 28.6 Å². The van der Waals surface area contributed by atoms with Gasteiger partial charge in [-0.25, -0.2) is 4.79 Å². The van der Waals surface area contributed by atoms with E-state index >= 15 is 0 Å². The van der Waals surface area contributed by atoms with E-state index < -0.39 is 24.1 Å². The third-order valence-corrected chi connectivity index (χ3v) is 5.09. The summed E-state index contributed by atoms with van der Waals surface area (Å²) < 4.78 is 32.3. The molecule has 1 aliphatic heterocycles. The molecule has 0 unspecified atom stereocenters. The Kier molecular flexibility index (Phi) is 7.02. The van der Waals surface area contributed by atoms with Crippen molar-refractivity contribution in [1.29, 1.82) is 0 Å². The van der Waals surface area contributed by atoms with Crippen LogP contribution in [0.4, 0.5) is 0 Å². The standard InChI is InChI=1S/C22H26O8/c1-25-17-7-5-13(9-19(17)27-3)21-15(16(23)12-29-21)11-30-22(24)14-6-8-18(26-2)20(10-14)28-4/h5-10,15-16,21,23H,11-12H2,1-4H3/t15-,16+,21+/m1/s1. The van der Waals surface area contributed by atoms with Gasteiger partial charge in [0.1, 0.15) is 0 Å². The second-order valence-corrected chi connectivity index (χ2v) is 6.77. The Balaban J connectivity index is 1.72. The van der Waals surface area contributed by atoms with Gasteiger partial charge in [-0.1, -0.05) is 6.07 Å². The zero-order valence-electron chi connectivity index (χ0n) is 17.4. The number of methoxy groups -OCH3 is 4. The van der Waals surface area contributed by atoms with E-state index in [0.717, 1.165) is 5.56 Å². The Hall–Kier alpha value is -2.97. The number of aliphatic hydroxyl groups excluding tert-OH is 1. The summed E-state index contributed by atoms with van der Waals surface area (Å²) in [7, 11) is 6.12. The Labute approximate surface area is 175 Å². The maximum atomic E-state index is 12.5. The first-order valence-electron chi connectivity index (χ1n) is 9.43. The first kappa shape index (κ1) is 21.7. The number of hydrogen-bond acceptors (Lipinski definition) is 8. The number of hydrogen-bond donors (Lipinski definition) is 1. The molecule has 1 N–H and O–H groups in total. The summed E-state index contributed by atoms with van der Waals surface area (Å²) in [4.78, 5) is 12.5. The summed E-state index contributed by atoms with van der Waals surface area (Å²) in [5, 5.41) is 10.4. The maximum absolute atomic E-state index is 12.5. The van der Waals surface area contributed by atoms with Crippen molar-refractivity contribution in [3.8, 4) is 23.0 Å². The zero-order valence-corrected chi connectivity index (χ0v) is 17.4. The normalized spacial score (nSPS) is 20.5. The van der Waals surface area contributed by atoms with Crippen LogP contribution in [0.1, 0.15) is 22.0 Å². The van der Waals surface area contributed by atoms with E-state index in [-0.39, 0.29) is 13.2 Å². The Bertz CT molecular complexity index is 881. The molecular formula is C22H26O8. The Morgan fingerprint density at radius 1 is 0.933 bits per heavy atom. The average Bonchev–Trinajstić information content (AvgIpc) is 3.16. The molecule has 1 fully saturated rings. The van der Waals surface area contributed by atoms with Crippen LogP contribution >= 0.6 is 0 Å². The molecule has 0 saturated carbocycles. The monoisotopic (exact) mass is 418 g/mol. The van der Waals surface area contributed by atoms with Crippen LogP contribution in [-0.2, 0) is 9.47 Å². The second kappa shape index (κ2) is 9.69. The lowest BCUT2D eigenvalue weighted by molar-refractivity contribution is 0.0235. The summed E-state index contributed by atoms with van der Waals surface area (Å²) in [6.45, 7) is 0.144. The molecule has 0 radical (unpaired) electrons. The van der Waals surface area contributed by atoms with Crippen LogP contribution in [0.2, 0.25) is 0 Å². The van der Waals surface area contributed by atoms with Crippen molar-refractivity contribution < 1.29 is 38.3 Å². The molecule has 1 saturated heterocycles. The van der Waals surface area contributed by atoms with Crippen LogP contribution in [0, 0.1) is 5.92 Å². The highest BCUT2D eigenvalue weighted by Gasteiger charge is 2.38. The van der Waals surface area contributed by atoms with Crippen LogP contribution in [0.3, 0.4) is 0 Å². The van der Waals surface area contributed by atoms with Gasteiger partial charge in [-0.05, 0) is 35.9 Å². The third kappa shape index (κ3) is 4.44. The van der Waals surface area contributed by atoms with Crippen molar-refractivity contribution in [2.45, 2.75) is 12.2 Å². The van der Waals surface area contributed by atoms with E-state index in [1.807, 2.05) is 6.07 Å². The highest BCUT2D eigenvalue weighted by atomic mass is 16.5. The predicted molar refractivity (Wildman–Crippen MR) is 108 cm³/mol. The van der Waals surface area contributed by atoms with E-state index in [9.17, 15) is 9.90 Å². The molecule has 0 amide bonds. The minimum absolute atomic E-state index is 0.00659. The molecule has 30 heavy (non-hydrogen) atoms. The molecule has 3 rings (SSSR count). The fourth-order valence-corrected chi connectivity index (χ4v) is 3.44. The van der Waals surface area contributed by atoms with Gasteiger partial charge in [-0.15, -0.1) is 0 Å². The van der Waals surface area contributed by atoms with Gasteiger partial charge < -0.3 is 33.5 Å². The topological polar surface area (TPSA) is 92.7 Å². The van der Waals surface area contributed by atoms with E-state index in [4.69, 9.17) is 28.4 Å². The van der Waals surface area contributed by atoms with Crippen LogP contribution in [0.5, 0.6) is 23.0 Å². The smallest absolute Gasteiger partial charge is 0.338 e. The van der Waals surface area contributed by atoms with Gasteiger partial charge in [0.25, 0.3) is 0 Å². The van der Waals surface area contributed by atoms with Crippen molar-refractivity contribution in [1.82, 2.24) is 0 Å². The molecule has 0 aliphatic carbocycles. The van der Waals surface area contributed by atoms with Crippen LogP contribution < -0.4 is 18.9 Å². The Morgan fingerprint density at radius 3 is 2.17 bits per heavy atom. The molecule has 8 heteroatoms. The summed E-state index contributed by atoms with van der Waals surface area (Å²) in [6.07, 6.45) is -1.21. The summed E-state index contributed by atoms with van der Waals surface area (Å²) in [5.74, 6) is 1.15. The number of benzene rings is 2. The molecule has 162 valence electrons. The summed E-state index contributed by atoms with van der Waals surface area (Å²) in [6, 6.07) is 10.2. The van der Waals surface area contributed by atoms with E-state index in [1.54, 1.807) is 44.6 Å². The lowest BCUT2D eigenvalue weighted by Crippen LogP contribution is -2.26. The fourth-order valence-electron chi connectivity index (χ4n) is 3.44. The van der Waals surface area contributed by atoms with Gasteiger partial charge in [0.2, 0.25) is 0 Å². The van der Waals surface area contributed by atoms with Gasteiger partial charge in [-0.2, -0.15) is 0 Å². The van der Waals surface area contributed by atoms with Crippen LogP contribution in [-0.4, -0.2) is 58.8 Å². The molecule has 0 aromatic heterocycles. The van der Waals surface area contributed by atoms with Gasteiger partial charge >= 0.3 is 5.97 Å². The molecule has 2 aromatic rings. The predicted octanol–water partition coefficient (Wildman–Crippen LogP) is 2.63. The van der Waals surface area contributed by atoms with Gasteiger partial charge in [0.05, 0.1) is 65.3 Å². The van der Waals surface area contributed by atoms with Crippen molar-refractivity contribution in [2.75, 3.05) is 41.7 Å². The fraction of sp³-hybridized carbons (Fsp3) is 0.409. The molecule has 3 atom stereocenters. The van der Waals surface area contributed by atoms with E-state index in [2.05, 4.69) is 0 Å². The molecule has 2 aromatic carbocycles. The van der Waals surface area contributed by atoms with E-state index in [1.165, 1.54) is 14.2 Å². The number of esters is 1. The molecule has 8 nitrogen and oxygen atoms in total. The molecule has 0 bridgehead atoms. The summed E-state index contributed by atoms with van der Waals surface area (Å²) >= 11 is 0. The van der Waals surface area contributed by atoms with Crippen LogP contribution in [0.15, 0.2) is 36.4 Å². The first-order chi connectivity index (χ1) is 14.5. The van der Waals surface area contributed by atoms with Gasteiger partial charge in [0, 0.05) is 0 Å². The van der Waals surface area contributed by atoms with Crippen molar-refractivity contribution in [3.63, 3.8) is 0 Å². The zero-order chi connectivity index (χ0) is 21.7. The lowest BCUT2D eigenvalue weighted by Gasteiger charge is -2.21. The first-order valence-corrected chi connectivity index (χ1v) is 9.43. The largest absolute Gasteiger partial charge is 0.493 e. The quantitative estimate of drug-likeness (QED) is 0.654. The van der Waals surface area contributed by atoms with Crippen molar-refractivity contribution >= 4 is 5.97 Å². The minimum Gasteiger partial charge on any atom is -0.493 e. The molecule has 1 heterocycles. The minimum atomic E-state index is -0.763. The number of rotatable bonds is 8. The average molecular weight is 418 g/mol. The van der Waals surface area contributed by atoms with Crippen LogP contribution in [0.25, 0.3) is 0 Å². The number of aliphatic hydroxyl groups is 1. The number of ether oxygens (including phenoxy) is 6. The summed E-state index contributed by atoms with van der Waals surface area (Å²) in [5.41, 5.74) is 1.13. The third-order valence-electron chi connectivity index (χ3n) is 5.09. The molecule has 1 aliphatic rings. The van der Waals surface area contributed by atoms with Gasteiger partial charge in [-0.3, -0.25) is 0 Å². The lowest BCUT2D eigenvalue weighted by atomic mass is 9.94. The highest BCUT2D eigenvalue weighted by molar-refractivity contribution is 5.90. The maximum Gasteiger partial charge on any atom is 0.338 e. The second-order valence-electron chi connectivity index (χ2n) is 6.77. The Morgan fingerprint density at radius 2 is 1.53 bits per heavy atom. The molecular weight excluding hydrogens is 392 g/mol. The van der Waals surface area contributed by atoms with Gasteiger partial charge in [0.15, 0.2) is 23.0 Å². The molecule has 0 spiro atoms. The number of carbonyl (C=O) groups excluding carboxylic acids is 1. The van der Waals surface area contributed by atoms with Crippen molar-refractivity contribution in [3.05, 3.63) is 47.5 Å². The van der Waals surface area contributed by atoms with Crippen molar-refractivity contribution in [2.24, 2.45) is 5.92 Å².